The minimum atomic E-state index is 0.899. The SMILES string of the molecule is CCN(C)c1cccc(-c2c3nc(c(-c4ccccc4)c4ccc([nH]4)c(-c4cccc(N(C)CC)c4)c4nc(c(-c5ccccc5)c5ccc2[nH]5)C=C4)C=C3)c1. The zero-order valence-electron chi connectivity index (χ0n) is 32.2. The summed E-state index contributed by atoms with van der Waals surface area (Å²) in [6, 6.07) is 47.4. The van der Waals surface area contributed by atoms with Crippen molar-refractivity contribution in [1.29, 1.82) is 0 Å². The van der Waals surface area contributed by atoms with Crippen LogP contribution in [0.2, 0.25) is 0 Å². The van der Waals surface area contributed by atoms with E-state index in [1.165, 1.54) is 0 Å². The van der Waals surface area contributed by atoms with Crippen molar-refractivity contribution in [2.24, 2.45) is 0 Å². The molecule has 3 aromatic heterocycles. The van der Waals surface area contributed by atoms with Gasteiger partial charge in [0, 0.05) is 82.9 Å². The lowest BCUT2D eigenvalue weighted by atomic mass is 10.0. The lowest BCUT2D eigenvalue weighted by Crippen LogP contribution is -2.15. The fourth-order valence-electron chi connectivity index (χ4n) is 7.79. The van der Waals surface area contributed by atoms with Gasteiger partial charge in [-0.25, -0.2) is 9.97 Å². The van der Waals surface area contributed by atoms with Gasteiger partial charge in [-0.1, -0.05) is 84.9 Å². The number of aromatic nitrogens is 4. The molecule has 5 heterocycles. The zero-order valence-corrected chi connectivity index (χ0v) is 32.2. The Morgan fingerprint density at radius 3 is 1.05 bits per heavy atom. The molecule has 0 unspecified atom stereocenters. The smallest absolute Gasteiger partial charge is 0.0737 e. The Kier molecular flexibility index (Phi) is 9.16. The van der Waals surface area contributed by atoms with Crippen molar-refractivity contribution in [3.63, 3.8) is 0 Å². The third-order valence-corrected chi connectivity index (χ3v) is 11.0. The van der Waals surface area contributed by atoms with E-state index in [1.807, 2.05) is 0 Å². The first-order valence-electron chi connectivity index (χ1n) is 19.4. The Hall–Kier alpha value is -6.92. The number of fused-ring (bicyclic) bond motifs is 8. The maximum Gasteiger partial charge on any atom is 0.0737 e. The van der Waals surface area contributed by atoms with Gasteiger partial charge in [-0.3, -0.25) is 0 Å². The number of anilines is 2. The summed E-state index contributed by atoms with van der Waals surface area (Å²) >= 11 is 0. The van der Waals surface area contributed by atoms with Crippen molar-refractivity contribution >= 4 is 57.7 Å². The van der Waals surface area contributed by atoms with Crippen LogP contribution in [-0.4, -0.2) is 47.1 Å². The van der Waals surface area contributed by atoms with E-state index in [-0.39, 0.29) is 0 Å². The highest BCUT2D eigenvalue weighted by Gasteiger charge is 2.19. The van der Waals surface area contributed by atoms with Crippen LogP contribution in [0.5, 0.6) is 0 Å². The average molecular weight is 729 g/mol. The van der Waals surface area contributed by atoms with Gasteiger partial charge in [0.2, 0.25) is 0 Å². The molecule has 6 nitrogen and oxygen atoms in total. The van der Waals surface area contributed by atoms with Gasteiger partial charge < -0.3 is 19.8 Å². The summed E-state index contributed by atoms with van der Waals surface area (Å²) in [5, 5.41) is 0. The van der Waals surface area contributed by atoms with Gasteiger partial charge in [0.05, 0.1) is 22.8 Å². The third kappa shape index (κ3) is 6.39. The maximum atomic E-state index is 5.46. The number of aromatic amines is 2. The van der Waals surface area contributed by atoms with E-state index in [4.69, 9.17) is 9.97 Å². The van der Waals surface area contributed by atoms with E-state index in [1.54, 1.807) is 0 Å². The van der Waals surface area contributed by atoms with Crippen LogP contribution >= 0.6 is 0 Å². The number of rotatable bonds is 8. The molecular formula is C50H44N6. The molecule has 2 aliphatic rings. The second kappa shape index (κ2) is 14.7. The zero-order chi connectivity index (χ0) is 38.2. The normalized spacial score (nSPS) is 11.9. The van der Waals surface area contributed by atoms with Crippen LogP contribution < -0.4 is 9.80 Å². The van der Waals surface area contributed by atoms with Crippen molar-refractivity contribution in [1.82, 2.24) is 19.9 Å². The third-order valence-electron chi connectivity index (χ3n) is 11.0. The molecule has 0 saturated carbocycles. The molecule has 0 atom stereocenters. The largest absolute Gasteiger partial charge is 0.375 e. The van der Waals surface area contributed by atoms with E-state index in [0.29, 0.717) is 0 Å². The molecule has 0 spiro atoms. The molecule has 7 aromatic rings. The average Bonchev–Trinajstić information content (AvgIpc) is 4.09. The lowest BCUT2D eigenvalue weighted by molar-refractivity contribution is 0.968. The Morgan fingerprint density at radius 2 is 0.714 bits per heavy atom. The molecule has 2 aliphatic heterocycles. The molecular weight excluding hydrogens is 685 g/mol. The van der Waals surface area contributed by atoms with Crippen LogP contribution in [0.3, 0.4) is 0 Å². The van der Waals surface area contributed by atoms with Crippen molar-refractivity contribution in [2.45, 2.75) is 13.8 Å². The highest BCUT2D eigenvalue weighted by atomic mass is 15.1. The predicted octanol–water partition coefficient (Wildman–Crippen LogP) is 12.2. The standard InChI is InChI=1S/C50H44N6/c1-5-55(3)37-21-13-19-35(31-37)49-43-27-23-39(51-43)47(33-15-9-7-10-16-33)41-25-29-45(53-41)50(36-20-14-22-38(32-36)56(4)6-2)46-30-26-42(54-46)48(34-17-11-8-12-18-34)40-24-28-44(49)52-40/h7-32,51,54H,5-6H2,1-4H3. The van der Waals surface area contributed by atoms with Crippen molar-refractivity contribution in [2.75, 3.05) is 37.0 Å². The Balaban J connectivity index is 1.45. The molecule has 56 heavy (non-hydrogen) atoms. The molecule has 0 radical (unpaired) electrons. The summed E-state index contributed by atoms with van der Waals surface area (Å²) < 4.78 is 0. The molecule has 0 aliphatic carbocycles. The molecule has 8 bridgehead atoms. The quantitative estimate of drug-likeness (QED) is 0.163. The fraction of sp³-hybridized carbons (Fsp3) is 0.120. The van der Waals surface area contributed by atoms with Gasteiger partial charge >= 0.3 is 0 Å². The van der Waals surface area contributed by atoms with Gasteiger partial charge in [-0.15, -0.1) is 0 Å². The van der Waals surface area contributed by atoms with E-state index in [9.17, 15) is 0 Å². The van der Waals surface area contributed by atoms with E-state index < -0.39 is 0 Å². The summed E-state index contributed by atoms with van der Waals surface area (Å²) in [7, 11) is 4.26. The van der Waals surface area contributed by atoms with Crippen LogP contribution in [0, 0.1) is 0 Å². The van der Waals surface area contributed by atoms with Gasteiger partial charge in [-0.05, 0) is 109 Å². The molecule has 0 fully saturated rings. The monoisotopic (exact) mass is 728 g/mol. The Bertz CT molecular complexity index is 2610. The first-order valence-corrected chi connectivity index (χ1v) is 19.4. The fourth-order valence-corrected chi connectivity index (χ4v) is 7.79. The van der Waals surface area contributed by atoms with Crippen LogP contribution in [0.25, 0.3) is 90.9 Å². The molecule has 0 saturated heterocycles. The summed E-state index contributed by atoms with van der Waals surface area (Å²) in [5.74, 6) is 0. The topological polar surface area (TPSA) is 63.8 Å². The number of benzene rings is 4. The summed E-state index contributed by atoms with van der Waals surface area (Å²) in [6.07, 6.45) is 8.63. The molecule has 6 heteroatoms. The maximum absolute atomic E-state index is 5.46. The summed E-state index contributed by atoms with van der Waals surface area (Å²) in [6.45, 7) is 6.16. The van der Waals surface area contributed by atoms with Gasteiger partial charge in [0.1, 0.15) is 0 Å². The van der Waals surface area contributed by atoms with Gasteiger partial charge in [0.15, 0.2) is 0 Å². The molecule has 274 valence electrons. The number of nitrogens with zero attached hydrogens (tertiary/aromatic N) is 4. The van der Waals surface area contributed by atoms with Crippen molar-refractivity contribution in [3.05, 3.63) is 156 Å². The predicted molar refractivity (Wildman–Crippen MR) is 238 cm³/mol. The summed E-state index contributed by atoms with van der Waals surface area (Å²) in [5.41, 5.74) is 18.4. The van der Waals surface area contributed by atoms with Crippen LogP contribution in [0.15, 0.2) is 133 Å². The van der Waals surface area contributed by atoms with E-state index in [0.717, 1.165) is 114 Å². The Labute approximate surface area is 328 Å². The second-order valence-corrected chi connectivity index (χ2v) is 14.4. The molecule has 0 amide bonds. The highest BCUT2D eigenvalue weighted by Crippen LogP contribution is 2.39. The number of hydrogen-bond acceptors (Lipinski definition) is 4. The van der Waals surface area contributed by atoms with Gasteiger partial charge in [0.25, 0.3) is 0 Å². The van der Waals surface area contributed by atoms with Crippen LogP contribution in [0.1, 0.15) is 36.6 Å². The minimum absolute atomic E-state index is 0.899. The van der Waals surface area contributed by atoms with E-state index >= 15 is 0 Å². The first-order chi connectivity index (χ1) is 27.5. The second-order valence-electron chi connectivity index (χ2n) is 14.4. The molecule has 4 aromatic carbocycles. The molecule has 9 rings (SSSR count). The highest BCUT2D eigenvalue weighted by molar-refractivity contribution is 6.00. The number of hydrogen-bond donors (Lipinski definition) is 2. The number of H-pyrrole nitrogens is 2. The lowest BCUT2D eigenvalue weighted by Gasteiger charge is -2.18. The van der Waals surface area contributed by atoms with Gasteiger partial charge in [-0.2, -0.15) is 0 Å². The minimum Gasteiger partial charge on any atom is -0.375 e. The van der Waals surface area contributed by atoms with Crippen molar-refractivity contribution < 1.29 is 0 Å². The first kappa shape index (κ1) is 34.8. The molecule has 2 N–H and O–H groups in total. The van der Waals surface area contributed by atoms with Crippen LogP contribution in [-0.2, 0) is 0 Å². The Morgan fingerprint density at radius 1 is 0.393 bits per heavy atom. The van der Waals surface area contributed by atoms with E-state index in [2.05, 4.69) is 205 Å². The van der Waals surface area contributed by atoms with Crippen molar-refractivity contribution in [3.8, 4) is 44.5 Å². The van der Waals surface area contributed by atoms with Crippen LogP contribution in [0.4, 0.5) is 11.4 Å². The summed E-state index contributed by atoms with van der Waals surface area (Å²) in [4.78, 5) is 23.2. The number of nitrogens with one attached hydrogen (secondary N) is 2.